The number of hydrogen-bond donors (Lipinski definition) is 1. The van der Waals surface area contributed by atoms with Gasteiger partial charge in [-0.2, -0.15) is 0 Å². The molecule has 0 spiro atoms. The average Bonchev–Trinajstić information content (AvgIpc) is 2.43. The molecule has 0 radical (unpaired) electrons. The van der Waals surface area contributed by atoms with Gasteiger partial charge in [-0.05, 0) is 36.1 Å². The summed E-state index contributed by atoms with van der Waals surface area (Å²) in [4.78, 5) is 14.0. The fraction of sp³-hybridized carbons (Fsp3) is 0.562. The fourth-order valence-corrected chi connectivity index (χ4v) is 2.28. The number of hydrogen-bond acceptors (Lipinski definition) is 2. The molecule has 2 atom stereocenters. The number of nitrogen functional groups attached to an aromatic ring is 1. The summed E-state index contributed by atoms with van der Waals surface area (Å²) in [5.41, 5.74) is 7.28. The van der Waals surface area contributed by atoms with E-state index in [4.69, 9.17) is 5.73 Å². The first-order chi connectivity index (χ1) is 8.99. The van der Waals surface area contributed by atoms with Crippen molar-refractivity contribution in [3.05, 3.63) is 24.3 Å². The summed E-state index contributed by atoms with van der Waals surface area (Å²) in [6.45, 7) is 6.57. The summed E-state index contributed by atoms with van der Waals surface area (Å²) >= 11 is 0. The third kappa shape index (κ3) is 4.27. The number of carbonyl (C=O) groups excluding carboxylic acids is 1. The van der Waals surface area contributed by atoms with E-state index in [0.717, 1.165) is 24.2 Å². The van der Waals surface area contributed by atoms with Gasteiger partial charge in [0.25, 0.3) is 0 Å². The van der Waals surface area contributed by atoms with Crippen molar-refractivity contribution >= 4 is 17.3 Å². The molecule has 3 heteroatoms. The zero-order chi connectivity index (χ0) is 14.4. The summed E-state index contributed by atoms with van der Waals surface area (Å²) < 4.78 is 0. The molecular weight excluding hydrogens is 236 g/mol. The Morgan fingerprint density at radius 2 is 1.79 bits per heavy atom. The lowest BCUT2D eigenvalue weighted by molar-refractivity contribution is -0.119. The van der Waals surface area contributed by atoms with Crippen LogP contribution in [0.1, 0.15) is 40.0 Å². The average molecular weight is 262 g/mol. The van der Waals surface area contributed by atoms with Gasteiger partial charge in [0, 0.05) is 24.8 Å². The number of carbonyl (C=O) groups is 1. The molecule has 0 aliphatic carbocycles. The Hall–Kier alpha value is -1.51. The van der Waals surface area contributed by atoms with Crippen LogP contribution >= 0.6 is 0 Å². The van der Waals surface area contributed by atoms with E-state index in [-0.39, 0.29) is 5.91 Å². The normalized spacial score (nSPS) is 13.9. The number of nitrogens with two attached hydrogens (primary N) is 1. The van der Waals surface area contributed by atoms with Crippen LogP contribution in [0.25, 0.3) is 0 Å². The van der Waals surface area contributed by atoms with E-state index in [1.807, 2.05) is 31.3 Å². The molecule has 1 rings (SSSR count). The summed E-state index contributed by atoms with van der Waals surface area (Å²) in [7, 11) is 1.83. The van der Waals surface area contributed by atoms with Gasteiger partial charge in [0.05, 0.1) is 0 Å². The second-order valence-corrected chi connectivity index (χ2v) is 5.30. The first-order valence-electron chi connectivity index (χ1n) is 7.11. The molecule has 19 heavy (non-hydrogen) atoms. The number of nitrogens with zero attached hydrogens (tertiary/aromatic N) is 1. The van der Waals surface area contributed by atoms with Crippen molar-refractivity contribution in [1.82, 2.24) is 0 Å². The monoisotopic (exact) mass is 262 g/mol. The molecule has 0 aromatic heterocycles. The van der Waals surface area contributed by atoms with Crippen molar-refractivity contribution < 1.29 is 4.79 Å². The van der Waals surface area contributed by atoms with Crippen molar-refractivity contribution in [3.63, 3.8) is 0 Å². The number of rotatable bonds is 6. The van der Waals surface area contributed by atoms with Crippen LogP contribution < -0.4 is 10.6 Å². The minimum atomic E-state index is 0.178. The van der Waals surface area contributed by atoms with Gasteiger partial charge in [0.1, 0.15) is 0 Å². The zero-order valence-corrected chi connectivity index (χ0v) is 12.5. The fourth-order valence-electron chi connectivity index (χ4n) is 2.28. The van der Waals surface area contributed by atoms with Gasteiger partial charge in [0.2, 0.25) is 5.91 Å². The Labute approximate surface area is 116 Å². The first kappa shape index (κ1) is 15.5. The van der Waals surface area contributed by atoms with E-state index in [1.165, 1.54) is 0 Å². The van der Waals surface area contributed by atoms with Crippen LogP contribution in [0.2, 0.25) is 0 Å². The molecule has 0 heterocycles. The molecule has 0 aliphatic heterocycles. The molecule has 106 valence electrons. The SMILES string of the molecule is CCC(C)C(CC)CC(=O)N(C)c1ccc(N)cc1. The van der Waals surface area contributed by atoms with E-state index < -0.39 is 0 Å². The molecule has 0 bridgehead atoms. The zero-order valence-electron chi connectivity index (χ0n) is 12.5. The number of amides is 1. The highest BCUT2D eigenvalue weighted by Crippen LogP contribution is 2.24. The van der Waals surface area contributed by atoms with E-state index in [1.54, 1.807) is 4.90 Å². The topological polar surface area (TPSA) is 46.3 Å². The van der Waals surface area contributed by atoms with E-state index in [9.17, 15) is 4.79 Å². The first-order valence-corrected chi connectivity index (χ1v) is 7.11. The highest BCUT2D eigenvalue weighted by atomic mass is 16.2. The largest absolute Gasteiger partial charge is 0.399 e. The third-order valence-corrected chi connectivity index (χ3v) is 4.06. The molecule has 3 nitrogen and oxygen atoms in total. The summed E-state index contributed by atoms with van der Waals surface area (Å²) in [5.74, 6) is 1.24. The van der Waals surface area contributed by atoms with Gasteiger partial charge in [0.15, 0.2) is 0 Å². The van der Waals surface area contributed by atoms with Crippen molar-refractivity contribution in [1.29, 1.82) is 0 Å². The van der Waals surface area contributed by atoms with Crippen LogP contribution in [-0.2, 0) is 4.79 Å². The maximum atomic E-state index is 12.3. The Bertz CT molecular complexity index is 400. The molecule has 2 N–H and O–H groups in total. The Morgan fingerprint density at radius 1 is 1.21 bits per heavy atom. The van der Waals surface area contributed by atoms with Gasteiger partial charge in [-0.25, -0.2) is 0 Å². The standard InChI is InChI=1S/C16H26N2O/c1-5-12(3)13(6-2)11-16(19)18(4)15-9-7-14(17)8-10-15/h7-10,12-13H,5-6,11,17H2,1-4H3. The van der Waals surface area contributed by atoms with E-state index in [0.29, 0.717) is 18.3 Å². The minimum Gasteiger partial charge on any atom is -0.399 e. The van der Waals surface area contributed by atoms with E-state index in [2.05, 4.69) is 20.8 Å². The van der Waals surface area contributed by atoms with E-state index >= 15 is 0 Å². The van der Waals surface area contributed by atoms with Crippen LogP contribution in [0.15, 0.2) is 24.3 Å². The quantitative estimate of drug-likeness (QED) is 0.795. The minimum absolute atomic E-state index is 0.178. The summed E-state index contributed by atoms with van der Waals surface area (Å²) in [6, 6.07) is 7.42. The van der Waals surface area contributed by atoms with Gasteiger partial charge in [-0.15, -0.1) is 0 Å². The maximum Gasteiger partial charge on any atom is 0.227 e. The number of anilines is 2. The Balaban J connectivity index is 2.69. The van der Waals surface area contributed by atoms with Crippen LogP contribution in [0.3, 0.4) is 0 Å². The van der Waals surface area contributed by atoms with Crippen LogP contribution in [-0.4, -0.2) is 13.0 Å². The lowest BCUT2D eigenvalue weighted by Crippen LogP contribution is -2.29. The molecule has 0 saturated carbocycles. The molecule has 2 unspecified atom stereocenters. The van der Waals surface area contributed by atoms with Crippen molar-refractivity contribution in [3.8, 4) is 0 Å². The van der Waals surface area contributed by atoms with Gasteiger partial charge in [-0.3, -0.25) is 4.79 Å². The van der Waals surface area contributed by atoms with Crippen LogP contribution in [0, 0.1) is 11.8 Å². The van der Waals surface area contributed by atoms with Crippen molar-refractivity contribution in [2.24, 2.45) is 11.8 Å². The highest BCUT2D eigenvalue weighted by Gasteiger charge is 2.20. The Morgan fingerprint density at radius 3 is 2.26 bits per heavy atom. The third-order valence-electron chi connectivity index (χ3n) is 4.06. The molecule has 0 fully saturated rings. The molecule has 0 aliphatic rings. The molecule has 0 saturated heterocycles. The smallest absolute Gasteiger partial charge is 0.227 e. The lowest BCUT2D eigenvalue weighted by Gasteiger charge is -2.24. The van der Waals surface area contributed by atoms with Gasteiger partial charge in [-0.1, -0.05) is 33.6 Å². The second-order valence-electron chi connectivity index (χ2n) is 5.30. The van der Waals surface area contributed by atoms with Crippen molar-refractivity contribution in [2.45, 2.75) is 40.0 Å². The van der Waals surface area contributed by atoms with Gasteiger partial charge >= 0.3 is 0 Å². The van der Waals surface area contributed by atoms with Crippen molar-refractivity contribution in [2.75, 3.05) is 17.7 Å². The lowest BCUT2D eigenvalue weighted by atomic mass is 9.86. The molecular formula is C16H26N2O. The highest BCUT2D eigenvalue weighted by molar-refractivity contribution is 5.93. The predicted octanol–water partition coefficient (Wildman–Crippen LogP) is 3.69. The summed E-state index contributed by atoms with van der Waals surface area (Å²) in [5, 5.41) is 0. The van der Waals surface area contributed by atoms with Gasteiger partial charge < -0.3 is 10.6 Å². The molecule has 1 amide bonds. The van der Waals surface area contributed by atoms with Crippen LogP contribution in [0.4, 0.5) is 11.4 Å². The molecule has 1 aromatic carbocycles. The Kier molecular flexibility index (Phi) is 5.87. The molecule has 1 aromatic rings. The number of benzene rings is 1. The predicted molar refractivity (Wildman–Crippen MR) is 82.1 cm³/mol. The summed E-state index contributed by atoms with van der Waals surface area (Å²) in [6.07, 6.45) is 2.79. The van der Waals surface area contributed by atoms with Crippen LogP contribution in [0.5, 0.6) is 0 Å². The second kappa shape index (κ2) is 7.17. The maximum absolute atomic E-state index is 12.3.